The molecular weight excluding hydrogens is 1270 g/mol. The van der Waals surface area contributed by atoms with Crippen molar-refractivity contribution in [1.82, 2.24) is 0 Å². The second-order valence-corrected chi connectivity index (χ2v) is 29.0. The van der Waals surface area contributed by atoms with Gasteiger partial charge in [-0.3, -0.25) is 9.59 Å². The zero-order valence-corrected chi connectivity index (χ0v) is 67.2. The molecule has 1 N–H and O–H groups in total. The van der Waals surface area contributed by atoms with Crippen LogP contribution in [0.15, 0.2) is 170 Å². The van der Waals surface area contributed by atoms with Crippen molar-refractivity contribution >= 4 is 17.9 Å². The van der Waals surface area contributed by atoms with Crippen molar-refractivity contribution in [2.75, 3.05) is 47.5 Å². The van der Waals surface area contributed by atoms with Crippen molar-refractivity contribution < 1.29 is 42.9 Å². The average molecular weight is 1430 g/mol. The summed E-state index contributed by atoms with van der Waals surface area (Å²) in [5.41, 5.74) is 0. The molecule has 0 aliphatic heterocycles. The normalized spacial score (nSPS) is 13.5. The molecule has 0 radical (unpaired) electrons. The highest BCUT2D eigenvalue weighted by Crippen LogP contribution is 2.19. The van der Waals surface area contributed by atoms with E-state index >= 15 is 0 Å². The molecule has 0 aromatic heterocycles. The lowest BCUT2D eigenvalue weighted by atomic mass is 10.0. The molecule has 9 heteroatoms. The molecule has 9 nitrogen and oxygen atoms in total. The van der Waals surface area contributed by atoms with Crippen LogP contribution in [0.2, 0.25) is 0 Å². The molecule has 586 valence electrons. The van der Waals surface area contributed by atoms with Crippen molar-refractivity contribution in [3.8, 4) is 0 Å². The van der Waals surface area contributed by atoms with E-state index in [1.165, 1.54) is 186 Å². The van der Waals surface area contributed by atoms with Crippen LogP contribution < -0.4 is 0 Å². The highest BCUT2D eigenvalue weighted by molar-refractivity contribution is 5.71. The average Bonchev–Trinajstić information content (AvgIpc) is 1.16. The number of nitrogens with zero attached hydrogens (tertiary/aromatic N) is 1. The number of aliphatic carboxylic acids is 1. The minimum Gasteiger partial charge on any atom is -0.477 e. The van der Waals surface area contributed by atoms with Crippen LogP contribution in [-0.2, 0) is 33.3 Å². The van der Waals surface area contributed by atoms with E-state index in [9.17, 15) is 19.5 Å². The largest absolute Gasteiger partial charge is 0.477 e. The lowest BCUT2D eigenvalue weighted by Crippen LogP contribution is -2.40. The highest BCUT2D eigenvalue weighted by atomic mass is 16.7. The topological polar surface area (TPSA) is 108 Å². The van der Waals surface area contributed by atoms with Crippen molar-refractivity contribution in [2.24, 2.45) is 0 Å². The Bertz CT molecular complexity index is 2310. The number of quaternary nitrogens is 1. The number of likely N-dealkylation sites (N-methyl/N-ethyl adjacent to an activating group) is 1. The minimum atomic E-state index is -1.52. The van der Waals surface area contributed by atoms with Gasteiger partial charge < -0.3 is 28.5 Å². The van der Waals surface area contributed by atoms with Crippen molar-refractivity contribution in [3.63, 3.8) is 0 Å². The molecule has 0 aromatic carbocycles. The molecule has 0 amide bonds. The number of esters is 2. The molecule has 0 heterocycles. The molecular formula is C94H158NO8+. The van der Waals surface area contributed by atoms with Gasteiger partial charge in [0.15, 0.2) is 6.10 Å². The summed E-state index contributed by atoms with van der Waals surface area (Å²) >= 11 is 0. The Kier molecular flexibility index (Phi) is 78.0. The highest BCUT2D eigenvalue weighted by Gasteiger charge is 2.25. The molecule has 0 rings (SSSR count). The zero-order valence-electron chi connectivity index (χ0n) is 67.2. The van der Waals surface area contributed by atoms with Gasteiger partial charge in [0.2, 0.25) is 0 Å². The Hall–Kier alpha value is -5.35. The maximum atomic E-state index is 13.0. The van der Waals surface area contributed by atoms with E-state index in [1.807, 2.05) is 21.1 Å². The number of ether oxygens (including phenoxy) is 4. The summed E-state index contributed by atoms with van der Waals surface area (Å²) in [5, 5.41) is 9.79. The van der Waals surface area contributed by atoms with E-state index in [0.29, 0.717) is 23.9 Å². The van der Waals surface area contributed by atoms with Crippen LogP contribution in [0.1, 0.15) is 348 Å². The van der Waals surface area contributed by atoms with Crippen LogP contribution in [0, 0.1) is 0 Å². The van der Waals surface area contributed by atoms with Gasteiger partial charge in [0.05, 0.1) is 34.4 Å². The third-order valence-electron chi connectivity index (χ3n) is 18.0. The zero-order chi connectivity index (χ0) is 74.6. The molecule has 0 saturated carbocycles. The summed E-state index contributed by atoms with van der Waals surface area (Å²) in [5.74, 6) is -2.00. The Balaban J connectivity index is 4.02. The summed E-state index contributed by atoms with van der Waals surface area (Å²) in [6.07, 6.45) is 121. The number of carbonyl (C=O) groups excluding carboxylic acids is 2. The predicted molar refractivity (Wildman–Crippen MR) is 446 cm³/mol. The quantitative estimate of drug-likeness (QED) is 0.0211. The summed E-state index contributed by atoms with van der Waals surface area (Å²) in [7, 11) is 5.98. The number of unbranched alkanes of at least 4 members (excludes halogenated alkanes) is 34. The third kappa shape index (κ3) is 83.8. The van der Waals surface area contributed by atoms with Gasteiger partial charge in [0.25, 0.3) is 6.29 Å². The molecule has 0 fully saturated rings. The molecule has 0 aliphatic rings. The van der Waals surface area contributed by atoms with E-state index in [1.54, 1.807) is 0 Å². The monoisotopic (exact) mass is 1430 g/mol. The second kappa shape index (κ2) is 82.3. The fraction of sp³-hybridized carbons (Fsp3) is 0.670. The molecule has 103 heavy (non-hydrogen) atoms. The Morgan fingerprint density at radius 1 is 0.291 bits per heavy atom. The van der Waals surface area contributed by atoms with Gasteiger partial charge in [-0.25, -0.2) is 4.79 Å². The molecule has 2 unspecified atom stereocenters. The first-order valence-corrected chi connectivity index (χ1v) is 42.3. The Morgan fingerprint density at radius 2 is 0.524 bits per heavy atom. The molecule has 0 aliphatic carbocycles. The Morgan fingerprint density at radius 3 is 0.777 bits per heavy atom. The van der Waals surface area contributed by atoms with Gasteiger partial charge in [-0.05, 0) is 128 Å². The number of allylic oxidation sites excluding steroid dienone is 28. The lowest BCUT2D eigenvalue weighted by Gasteiger charge is -2.25. The first-order valence-electron chi connectivity index (χ1n) is 42.3. The van der Waals surface area contributed by atoms with Crippen molar-refractivity contribution in [1.29, 1.82) is 0 Å². The fourth-order valence-corrected chi connectivity index (χ4v) is 11.6. The van der Waals surface area contributed by atoms with Crippen LogP contribution >= 0.6 is 0 Å². The van der Waals surface area contributed by atoms with E-state index < -0.39 is 24.3 Å². The first-order chi connectivity index (χ1) is 50.6. The van der Waals surface area contributed by atoms with Gasteiger partial charge in [-0.2, -0.15) is 0 Å². The molecule has 0 bridgehead atoms. The number of carbonyl (C=O) groups is 3. The maximum absolute atomic E-state index is 13.0. The van der Waals surface area contributed by atoms with E-state index in [2.05, 4.69) is 184 Å². The molecule has 0 spiro atoms. The SMILES string of the molecule is CC/C=C\C/C=C\C/C=C\C/C=C\C/C=C\C/C=C\C/C=C\C/C=C\CCCCCCCCCCCCCCC(=O)OC(COC(=O)CCCCCCCCCCCCCCCCCCCCCCCC/C=C\C/C=C\C/C=C\C/C=C\C/C=C\C/C=C\CC)COC(OCC[N+](C)(C)C)C(=O)O. The number of carboxylic acid groups (broad SMARTS) is 1. The van der Waals surface area contributed by atoms with Gasteiger partial charge in [-0.1, -0.05) is 377 Å². The van der Waals surface area contributed by atoms with E-state index in [-0.39, 0.29) is 32.2 Å². The molecule has 0 saturated heterocycles. The summed E-state index contributed by atoms with van der Waals surface area (Å²) in [4.78, 5) is 37.8. The van der Waals surface area contributed by atoms with Crippen LogP contribution in [0.25, 0.3) is 0 Å². The van der Waals surface area contributed by atoms with Gasteiger partial charge in [0, 0.05) is 12.8 Å². The van der Waals surface area contributed by atoms with E-state index in [4.69, 9.17) is 18.9 Å². The fourth-order valence-electron chi connectivity index (χ4n) is 11.6. The van der Waals surface area contributed by atoms with Gasteiger partial charge in [0.1, 0.15) is 13.2 Å². The predicted octanol–water partition coefficient (Wildman–Crippen LogP) is 27.7. The number of hydrogen-bond donors (Lipinski definition) is 1. The lowest BCUT2D eigenvalue weighted by molar-refractivity contribution is -0.870. The number of rotatable bonds is 77. The molecule has 2 atom stereocenters. The number of carboxylic acids is 1. The third-order valence-corrected chi connectivity index (χ3v) is 18.0. The summed E-state index contributed by atoms with van der Waals surface area (Å²) < 4.78 is 23.1. The van der Waals surface area contributed by atoms with Crippen LogP contribution in [0.5, 0.6) is 0 Å². The van der Waals surface area contributed by atoms with Crippen LogP contribution in [0.4, 0.5) is 0 Å². The van der Waals surface area contributed by atoms with Crippen molar-refractivity contribution in [2.45, 2.75) is 360 Å². The summed E-state index contributed by atoms with van der Waals surface area (Å²) in [6, 6.07) is 0. The van der Waals surface area contributed by atoms with E-state index in [0.717, 1.165) is 128 Å². The second-order valence-electron chi connectivity index (χ2n) is 29.0. The van der Waals surface area contributed by atoms with Gasteiger partial charge >= 0.3 is 17.9 Å². The minimum absolute atomic E-state index is 0.182. The standard InChI is InChI=1S/C94H157NO8/c1-6-8-10-12-14-16-18-20-22-24-26-28-30-32-34-36-38-40-42-44-45-46-47-49-50-52-54-56-58-60-62-64-66-68-70-72-74-76-78-80-82-84-91(96)101-88-90(89-102-94(93(98)99)100-87-86-95(3,4)5)103-92(97)85-83-81-79-77-75-73-71-69-67-65-63-61-59-57-55-53-51-48-43-41-39-37-35-33-31-29-27-25-23-21-19-17-15-13-11-9-7-2/h8-11,14-17,20-23,26-29,32-35,38-41,48,51,55,57,90,94H,6-7,12-13,18-19,24-25,30-31,36-37,42-47,49-50,52-54,56,58-89H2,1-5H3/p+1/b10-8-,11-9-,16-14-,17-15-,22-20-,23-21-,28-26-,29-27-,34-32-,35-33-,40-38-,41-39-,51-48-,57-55-. The van der Waals surface area contributed by atoms with Crippen LogP contribution in [-0.4, -0.2) is 87.4 Å². The van der Waals surface area contributed by atoms with Crippen molar-refractivity contribution in [3.05, 3.63) is 170 Å². The smallest absolute Gasteiger partial charge is 0.361 e. The summed E-state index contributed by atoms with van der Waals surface area (Å²) in [6.45, 7) is 4.67. The maximum Gasteiger partial charge on any atom is 0.361 e. The van der Waals surface area contributed by atoms with Crippen LogP contribution in [0.3, 0.4) is 0 Å². The first kappa shape index (κ1) is 97.7. The molecule has 0 aromatic rings. The Labute approximate surface area is 635 Å². The number of hydrogen-bond acceptors (Lipinski definition) is 7. The van der Waals surface area contributed by atoms with Gasteiger partial charge in [-0.15, -0.1) is 0 Å².